The number of aromatic nitrogens is 1. The minimum Gasteiger partial charge on any atom is -0.505 e. The number of azo groups is 1. The van der Waals surface area contributed by atoms with Crippen LogP contribution in [0.4, 0.5) is 17.1 Å². The van der Waals surface area contributed by atoms with E-state index in [2.05, 4.69) is 15.2 Å². The van der Waals surface area contributed by atoms with Crippen LogP contribution >= 0.6 is 11.3 Å². The van der Waals surface area contributed by atoms with E-state index in [1.165, 1.54) is 11.3 Å². The van der Waals surface area contributed by atoms with Crippen molar-refractivity contribution in [2.75, 3.05) is 19.0 Å². The molecule has 0 bridgehead atoms. The number of rotatable bonds is 5. The second-order valence-corrected chi connectivity index (χ2v) is 9.05. The predicted octanol–water partition coefficient (Wildman–Crippen LogP) is 6.40. The van der Waals surface area contributed by atoms with Crippen LogP contribution in [-0.2, 0) is 0 Å². The molecule has 5 aromatic rings. The SMILES string of the molecule is CN(C)c1ccc(N=Nc2c(O)c(-c3nc4ccccc4s3)cc3cc(C(N)=O)ccc23)cc1. The Morgan fingerprint density at radius 2 is 1.76 bits per heavy atom. The number of aromatic hydroxyl groups is 1. The normalized spacial score (nSPS) is 11.5. The molecule has 1 amide bonds. The Morgan fingerprint density at radius 3 is 2.47 bits per heavy atom. The van der Waals surface area contributed by atoms with Crippen molar-refractivity contribution in [1.29, 1.82) is 0 Å². The zero-order valence-corrected chi connectivity index (χ0v) is 19.4. The standard InChI is InChI=1S/C26H21N5O2S/c1-31(2)18-10-8-17(9-11-18)29-30-23-19-12-7-15(25(27)33)13-16(19)14-20(24(23)32)26-28-21-5-3-4-6-22(21)34-26/h3-14,32H,1-2H3,(H2,27,33). The number of nitrogens with two attached hydrogens (primary N) is 1. The molecule has 168 valence electrons. The number of carbonyl (C=O) groups is 1. The highest BCUT2D eigenvalue weighted by atomic mass is 32.1. The number of phenols is 1. The smallest absolute Gasteiger partial charge is 0.248 e. The average molecular weight is 468 g/mol. The third kappa shape index (κ3) is 3.95. The van der Waals surface area contributed by atoms with Crippen molar-refractivity contribution in [3.63, 3.8) is 0 Å². The molecular formula is C26H21N5O2S. The van der Waals surface area contributed by atoms with Gasteiger partial charge in [0.05, 0.1) is 21.5 Å². The number of hydrogen-bond acceptors (Lipinski definition) is 7. The second-order valence-electron chi connectivity index (χ2n) is 8.02. The summed E-state index contributed by atoms with van der Waals surface area (Å²) in [5.41, 5.74) is 9.23. The Bertz CT molecular complexity index is 1540. The highest BCUT2D eigenvalue weighted by Gasteiger charge is 2.18. The van der Waals surface area contributed by atoms with Crippen molar-refractivity contribution >= 4 is 55.3 Å². The number of amides is 1. The summed E-state index contributed by atoms with van der Waals surface area (Å²) in [7, 11) is 3.93. The number of anilines is 1. The topological polar surface area (TPSA) is 104 Å². The van der Waals surface area contributed by atoms with Crippen molar-refractivity contribution in [2.24, 2.45) is 16.0 Å². The van der Waals surface area contributed by atoms with Crippen LogP contribution in [0, 0.1) is 0 Å². The first kappa shape index (κ1) is 21.5. The summed E-state index contributed by atoms with van der Waals surface area (Å²) < 4.78 is 1.01. The van der Waals surface area contributed by atoms with Crippen LogP contribution in [0.15, 0.2) is 83.0 Å². The van der Waals surface area contributed by atoms with E-state index in [1.807, 2.05) is 67.5 Å². The van der Waals surface area contributed by atoms with Crippen LogP contribution in [0.2, 0.25) is 0 Å². The average Bonchev–Trinajstić information content (AvgIpc) is 3.27. The van der Waals surface area contributed by atoms with Crippen LogP contribution in [0.5, 0.6) is 5.75 Å². The van der Waals surface area contributed by atoms with Crippen molar-refractivity contribution < 1.29 is 9.90 Å². The maximum atomic E-state index is 11.8. The van der Waals surface area contributed by atoms with E-state index < -0.39 is 5.91 Å². The number of benzene rings is 4. The van der Waals surface area contributed by atoms with E-state index in [0.29, 0.717) is 38.3 Å². The molecule has 0 saturated heterocycles. The van der Waals surface area contributed by atoms with E-state index in [1.54, 1.807) is 24.3 Å². The van der Waals surface area contributed by atoms with Gasteiger partial charge in [0.1, 0.15) is 10.7 Å². The van der Waals surface area contributed by atoms with Crippen molar-refractivity contribution in [3.05, 3.63) is 78.4 Å². The number of nitrogens with zero attached hydrogens (tertiary/aromatic N) is 4. The molecule has 5 rings (SSSR count). The van der Waals surface area contributed by atoms with E-state index in [-0.39, 0.29) is 5.75 Å². The third-order valence-corrected chi connectivity index (χ3v) is 6.60. The molecule has 0 aliphatic heterocycles. The summed E-state index contributed by atoms with van der Waals surface area (Å²) in [5.74, 6) is -0.548. The molecule has 4 aromatic carbocycles. The molecule has 0 spiro atoms. The lowest BCUT2D eigenvalue weighted by molar-refractivity contribution is 0.100. The summed E-state index contributed by atoms with van der Waals surface area (Å²) in [6, 6.07) is 22.2. The number of para-hydroxylation sites is 1. The molecule has 0 radical (unpaired) electrons. The molecule has 0 fully saturated rings. The number of carbonyl (C=O) groups excluding carboxylic acids is 1. The van der Waals surface area contributed by atoms with Gasteiger partial charge < -0.3 is 15.7 Å². The summed E-state index contributed by atoms with van der Waals surface area (Å²) in [6.45, 7) is 0. The minimum absolute atomic E-state index is 0.0213. The van der Waals surface area contributed by atoms with Gasteiger partial charge >= 0.3 is 0 Å². The van der Waals surface area contributed by atoms with Crippen LogP contribution in [0.3, 0.4) is 0 Å². The van der Waals surface area contributed by atoms with E-state index in [4.69, 9.17) is 5.73 Å². The molecule has 0 unspecified atom stereocenters. The third-order valence-electron chi connectivity index (χ3n) is 5.53. The fourth-order valence-corrected chi connectivity index (χ4v) is 4.69. The molecule has 1 heterocycles. The summed E-state index contributed by atoms with van der Waals surface area (Å²) >= 11 is 1.47. The molecule has 0 saturated carbocycles. The molecule has 34 heavy (non-hydrogen) atoms. The summed E-state index contributed by atoms with van der Waals surface area (Å²) in [6.07, 6.45) is 0. The molecule has 1 aromatic heterocycles. The molecule has 0 aliphatic carbocycles. The quantitative estimate of drug-likeness (QED) is 0.292. The largest absolute Gasteiger partial charge is 0.505 e. The number of primary amides is 1. The Morgan fingerprint density at radius 1 is 1.00 bits per heavy atom. The fraction of sp³-hybridized carbons (Fsp3) is 0.0769. The first-order chi connectivity index (χ1) is 16.4. The number of fused-ring (bicyclic) bond motifs is 2. The van der Waals surface area contributed by atoms with Gasteiger partial charge in [-0.2, -0.15) is 5.11 Å². The maximum absolute atomic E-state index is 11.8. The monoisotopic (exact) mass is 467 g/mol. The minimum atomic E-state index is -0.527. The maximum Gasteiger partial charge on any atom is 0.248 e. The van der Waals surface area contributed by atoms with E-state index in [0.717, 1.165) is 15.9 Å². The van der Waals surface area contributed by atoms with Gasteiger partial charge in [-0.05, 0) is 60.0 Å². The molecule has 0 atom stereocenters. The lowest BCUT2D eigenvalue weighted by Gasteiger charge is -2.11. The van der Waals surface area contributed by atoms with Crippen molar-refractivity contribution in [1.82, 2.24) is 4.98 Å². The van der Waals surface area contributed by atoms with E-state index in [9.17, 15) is 9.90 Å². The number of hydrogen-bond donors (Lipinski definition) is 2. The van der Waals surface area contributed by atoms with Gasteiger partial charge in [-0.1, -0.05) is 18.2 Å². The Hall–Kier alpha value is -4.30. The summed E-state index contributed by atoms with van der Waals surface area (Å²) in [5, 5.41) is 22.0. The zero-order chi connectivity index (χ0) is 23.8. The first-order valence-electron chi connectivity index (χ1n) is 10.6. The Kier molecular flexibility index (Phi) is 5.43. The highest BCUT2D eigenvalue weighted by molar-refractivity contribution is 7.21. The lowest BCUT2D eigenvalue weighted by atomic mass is 10.0. The van der Waals surface area contributed by atoms with Gasteiger partial charge in [-0.3, -0.25) is 4.79 Å². The van der Waals surface area contributed by atoms with Gasteiger partial charge in [-0.25, -0.2) is 4.98 Å². The summed E-state index contributed by atoms with van der Waals surface area (Å²) in [4.78, 5) is 18.5. The molecule has 7 nitrogen and oxygen atoms in total. The van der Waals surface area contributed by atoms with Crippen LogP contribution in [-0.4, -0.2) is 30.1 Å². The molecule has 3 N–H and O–H groups in total. The van der Waals surface area contributed by atoms with Gasteiger partial charge in [0.25, 0.3) is 0 Å². The Balaban J connectivity index is 1.68. The molecular weight excluding hydrogens is 446 g/mol. The predicted molar refractivity (Wildman–Crippen MR) is 138 cm³/mol. The number of thiazole rings is 1. The van der Waals surface area contributed by atoms with Crippen LogP contribution < -0.4 is 10.6 Å². The van der Waals surface area contributed by atoms with Crippen molar-refractivity contribution in [3.8, 4) is 16.3 Å². The van der Waals surface area contributed by atoms with Crippen LogP contribution in [0.1, 0.15) is 10.4 Å². The number of phenolic OH excluding ortho intramolecular Hbond substituents is 1. The van der Waals surface area contributed by atoms with Gasteiger partial charge in [0.15, 0.2) is 5.75 Å². The first-order valence-corrected chi connectivity index (χ1v) is 11.4. The Labute approximate surface area is 199 Å². The lowest BCUT2D eigenvalue weighted by Crippen LogP contribution is -2.10. The molecule has 8 heteroatoms. The highest BCUT2D eigenvalue weighted by Crippen LogP contribution is 2.45. The van der Waals surface area contributed by atoms with Gasteiger partial charge in [0, 0.05) is 30.7 Å². The fourth-order valence-electron chi connectivity index (χ4n) is 3.71. The van der Waals surface area contributed by atoms with E-state index >= 15 is 0 Å². The zero-order valence-electron chi connectivity index (χ0n) is 18.6. The van der Waals surface area contributed by atoms with Gasteiger partial charge in [-0.15, -0.1) is 16.5 Å². The van der Waals surface area contributed by atoms with Crippen molar-refractivity contribution in [2.45, 2.75) is 0 Å². The molecule has 0 aliphatic rings. The van der Waals surface area contributed by atoms with Gasteiger partial charge in [0.2, 0.25) is 5.91 Å². The second kappa shape index (κ2) is 8.57. The van der Waals surface area contributed by atoms with Crippen LogP contribution in [0.25, 0.3) is 31.6 Å².